The Morgan fingerprint density at radius 3 is 2.75 bits per heavy atom. The Morgan fingerprint density at radius 2 is 2.00 bits per heavy atom. The molecule has 1 heterocycles. The number of benzene rings is 1. The van der Waals surface area contributed by atoms with Gasteiger partial charge in [0, 0.05) is 16.8 Å². The Balaban J connectivity index is 1.88. The molecule has 2 aromatic rings. The van der Waals surface area contributed by atoms with Crippen LogP contribution in [-0.2, 0) is 6.42 Å². The van der Waals surface area contributed by atoms with Gasteiger partial charge in [-0.15, -0.1) is 0 Å². The minimum absolute atomic E-state index is 0.0836. The van der Waals surface area contributed by atoms with Crippen LogP contribution in [0.2, 0.25) is 5.02 Å². The van der Waals surface area contributed by atoms with Crippen molar-refractivity contribution >= 4 is 29.2 Å². The zero-order chi connectivity index (χ0) is 20.0. The van der Waals surface area contributed by atoms with Gasteiger partial charge in [-0.05, 0) is 50.1 Å². The number of fused-ring (bicyclic) bond motifs is 1. The van der Waals surface area contributed by atoms with Crippen LogP contribution in [0.3, 0.4) is 0 Å². The van der Waals surface area contributed by atoms with E-state index in [1.54, 1.807) is 18.5 Å². The molecule has 1 aliphatic rings. The molecule has 3 rings (SSSR count). The molecule has 1 atom stereocenters. The average Bonchev–Trinajstić information content (AvgIpc) is 2.70. The normalized spacial score (nSPS) is 18.1. The van der Waals surface area contributed by atoms with Crippen LogP contribution in [0.15, 0.2) is 30.6 Å². The van der Waals surface area contributed by atoms with Gasteiger partial charge >= 0.3 is 0 Å². The summed E-state index contributed by atoms with van der Waals surface area (Å²) in [5.41, 5.74) is 2.63. The van der Waals surface area contributed by atoms with E-state index in [1.165, 1.54) is 12.5 Å². The summed E-state index contributed by atoms with van der Waals surface area (Å²) in [4.78, 5) is 8.90. The van der Waals surface area contributed by atoms with Crippen molar-refractivity contribution in [3.63, 3.8) is 0 Å². The van der Waals surface area contributed by atoms with E-state index in [-0.39, 0.29) is 10.6 Å². The summed E-state index contributed by atoms with van der Waals surface area (Å²) < 4.78 is 13.5. The Bertz CT molecular complexity index is 839. The fourth-order valence-electron chi connectivity index (χ4n) is 3.56. The summed E-state index contributed by atoms with van der Waals surface area (Å²) in [5.74, 6) is 0.314. The monoisotopic (exact) mass is 402 g/mol. The third kappa shape index (κ3) is 4.89. The van der Waals surface area contributed by atoms with Crippen molar-refractivity contribution in [1.29, 1.82) is 0 Å². The van der Waals surface area contributed by atoms with Crippen molar-refractivity contribution in [1.82, 2.24) is 15.3 Å². The number of rotatable bonds is 9. The molecule has 4 nitrogen and oxygen atoms in total. The quantitative estimate of drug-likeness (QED) is 0.512. The second-order valence-corrected chi connectivity index (χ2v) is 7.80. The lowest BCUT2D eigenvalue weighted by molar-refractivity contribution is 0.356. The van der Waals surface area contributed by atoms with E-state index in [4.69, 9.17) is 11.6 Å². The Hall–Kier alpha value is -1.98. The number of halogens is 2. The number of aromatic nitrogens is 2. The fourth-order valence-corrected chi connectivity index (χ4v) is 3.74. The summed E-state index contributed by atoms with van der Waals surface area (Å²) in [5, 5.41) is 7.17. The first-order chi connectivity index (χ1) is 13.6. The van der Waals surface area contributed by atoms with Gasteiger partial charge in [0.25, 0.3) is 0 Å². The van der Waals surface area contributed by atoms with Crippen molar-refractivity contribution in [3.05, 3.63) is 52.7 Å². The lowest BCUT2D eigenvalue weighted by Crippen LogP contribution is -2.47. The van der Waals surface area contributed by atoms with E-state index < -0.39 is 5.82 Å². The molecular formula is C22H28ClFN4. The van der Waals surface area contributed by atoms with E-state index in [0.29, 0.717) is 5.69 Å². The number of hydrogen-bond donors (Lipinski definition) is 2. The molecule has 1 aromatic carbocycles. The van der Waals surface area contributed by atoms with Gasteiger partial charge in [-0.1, -0.05) is 50.8 Å². The number of unbranched alkanes of at least 4 members (excludes halogenated alkanes) is 2. The molecule has 0 radical (unpaired) electrons. The maximum absolute atomic E-state index is 13.5. The van der Waals surface area contributed by atoms with Gasteiger partial charge in [0.15, 0.2) is 0 Å². The largest absolute Gasteiger partial charge is 0.340 e. The van der Waals surface area contributed by atoms with Gasteiger partial charge in [0.05, 0.1) is 10.7 Å². The maximum Gasteiger partial charge on any atom is 0.141 e. The molecule has 1 aromatic heterocycles. The zero-order valence-electron chi connectivity index (χ0n) is 16.6. The Kier molecular flexibility index (Phi) is 7.03. The fraction of sp³-hybridized carbons (Fsp3) is 0.455. The molecule has 0 amide bonds. The maximum atomic E-state index is 13.5. The molecular weight excluding hydrogens is 375 g/mol. The highest BCUT2D eigenvalue weighted by atomic mass is 35.5. The van der Waals surface area contributed by atoms with Crippen LogP contribution in [0.4, 0.5) is 15.9 Å². The highest BCUT2D eigenvalue weighted by molar-refractivity contribution is 6.31. The first-order valence-corrected chi connectivity index (χ1v) is 10.4. The lowest BCUT2D eigenvalue weighted by atomic mass is 9.81. The molecule has 2 N–H and O–H groups in total. The van der Waals surface area contributed by atoms with Crippen LogP contribution in [0.5, 0.6) is 0 Å². The average molecular weight is 403 g/mol. The molecule has 1 aliphatic carbocycles. The van der Waals surface area contributed by atoms with E-state index in [1.807, 2.05) is 0 Å². The minimum Gasteiger partial charge on any atom is -0.340 e. The van der Waals surface area contributed by atoms with Crippen LogP contribution in [0.25, 0.3) is 6.08 Å². The summed E-state index contributed by atoms with van der Waals surface area (Å²) in [6, 6.07) is 4.60. The molecule has 28 heavy (non-hydrogen) atoms. The highest BCUT2D eigenvalue weighted by Gasteiger charge is 2.32. The van der Waals surface area contributed by atoms with Crippen molar-refractivity contribution in [3.8, 4) is 0 Å². The number of nitrogens with zero attached hydrogens (tertiary/aromatic N) is 2. The van der Waals surface area contributed by atoms with Gasteiger partial charge in [-0.2, -0.15) is 0 Å². The SMILES string of the molecule is CCCCNC1(CCCC)C=Cc2ncnc(Nc3ccc(F)c(Cl)c3)c2C1. The predicted octanol–water partition coefficient (Wildman–Crippen LogP) is 5.90. The summed E-state index contributed by atoms with van der Waals surface area (Å²) in [7, 11) is 0. The van der Waals surface area contributed by atoms with E-state index in [9.17, 15) is 4.39 Å². The Morgan fingerprint density at radius 1 is 1.18 bits per heavy atom. The standard InChI is InChI=1S/C22H28ClFN4/c1-3-5-10-22(27-12-6-4-2)11-9-20-17(14-22)21(26-15-25-20)28-16-7-8-19(24)18(23)13-16/h7-9,11,13,15,27H,3-6,10,12,14H2,1-2H3,(H,25,26,28). The molecule has 0 saturated heterocycles. The van der Waals surface area contributed by atoms with Crippen molar-refractivity contribution in [2.75, 3.05) is 11.9 Å². The topological polar surface area (TPSA) is 49.8 Å². The zero-order valence-corrected chi connectivity index (χ0v) is 17.3. The third-order valence-corrected chi connectivity index (χ3v) is 5.49. The molecule has 0 aliphatic heterocycles. The van der Waals surface area contributed by atoms with Crippen LogP contribution in [-0.4, -0.2) is 22.1 Å². The summed E-state index contributed by atoms with van der Waals surface area (Å²) >= 11 is 5.93. The van der Waals surface area contributed by atoms with Crippen molar-refractivity contribution < 1.29 is 4.39 Å². The van der Waals surface area contributed by atoms with Crippen molar-refractivity contribution in [2.45, 2.75) is 57.9 Å². The number of nitrogens with one attached hydrogen (secondary N) is 2. The smallest absolute Gasteiger partial charge is 0.141 e. The number of hydrogen-bond acceptors (Lipinski definition) is 4. The first kappa shape index (κ1) is 20.7. The Labute approximate surface area is 171 Å². The van der Waals surface area contributed by atoms with Gasteiger partial charge in [0.2, 0.25) is 0 Å². The minimum atomic E-state index is -0.432. The second kappa shape index (κ2) is 9.48. The van der Waals surface area contributed by atoms with Crippen molar-refractivity contribution in [2.24, 2.45) is 0 Å². The van der Waals surface area contributed by atoms with Crippen LogP contribution < -0.4 is 10.6 Å². The van der Waals surface area contributed by atoms with Gasteiger partial charge in [0.1, 0.15) is 18.0 Å². The molecule has 150 valence electrons. The van der Waals surface area contributed by atoms with E-state index >= 15 is 0 Å². The van der Waals surface area contributed by atoms with Gasteiger partial charge < -0.3 is 10.6 Å². The first-order valence-electron chi connectivity index (χ1n) is 10.1. The summed E-state index contributed by atoms with van der Waals surface area (Å²) in [6.45, 7) is 5.41. The summed E-state index contributed by atoms with van der Waals surface area (Å²) in [6.07, 6.45) is 12.4. The molecule has 0 fully saturated rings. The van der Waals surface area contributed by atoms with Crippen LogP contribution in [0, 0.1) is 5.82 Å². The highest BCUT2D eigenvalue weighted by Crippen LogP contribution is 2.33. The third-order valence-electron chi connectivity index (χ3n) is 5.20. The van der Waals surface area contributed by atoms with Crippen LogP contribution in [0.1, 0.15) is 57.2 Å². The molecule has 0 bridgehead atoms. The predicted molar refractivity (Wildman–Crippen MR) is 115 cm³/mol. The molecule has 0 saturated carbocycles. The van der Waals surface area contributed by atoms with Crippen LogP contribution >= 0.6 is 11.6 Å². The van der Waals surface area contributed by atoms with E-state index in [2.05, 4.69) is 46.6 Å². The number of anilines is 2. The second-order valence-electron chi connectivity index (χ2n) is 7.39. The van der Waals surface area contributed by atoms with E-state index in [0.717, 1.165) is 55.7 Å². The molecule has 1 unspecified atom stereocenters. The molecule has 0 spiro atoms. The van der Waals surface area contributed by atoms with Gasteiger partial charge in [-0.25, -0.2) is 14.4 Å². The van der Waals surface area contributed by atoms with Gasteiger partial charge in [-0.3, -0.25) is 0 Å². The lowest BCUT2D eigenvalue weighted by Gasteiger charge is -2.36. The molecule has 6 heteroatoms.